The summed E-state index contributed by atoms with van der Waals surface area (Å²) < 4.78 is 0. The largest absolute Gasteiger partial charge is 0.397 e. The predicted molar refractivity (Wildman–Crippen MR) is 86.4 cm³/mol. The number of hydrogen-bond donors (Lipinski definition) is 1. The highest BCUT2D eigenvalue weighted by molar-refractivity contribution is 5.61. The first-order valence-corrected chi connectivity index (χ1v) is 7.03. The average Bonchev–Trinajstić information content (AvgIpc) is 2.41. The minimum atomic E-state index is 0.681. The smallest absolute Gasteiger partial charge is 0.133 e. The molecule has 0 saturated carbocycles. The maximum atomic E-state index is 5.81. The molecule has 0 aliphatic heterocycles. The number of aromatic nitrogens is 1. The zero-order valence-corrected chi connectivity index (χ0v) is 12.7. The Kier molecular flexibility index (Phi) is 4.28. The number of rotatable bonds is 4. The van der Waals surface area contributed by atoms with Gasteiger partial charge in [-0.3, -0.25) is 0 Å². The van der Waals surface area contributed by atoms with E-state index in [9.17, 15) is 0 Å². The van der Waals surface area contributed by atoms with E-state index in [2.05, 4.69) is 48.0 Å². The van der Waals surface area contributed by atoms with E-state index >= 15 is 0 Å². The molecule has 0 bridgehead atoms. The number of hydrogen-bond acceptors (Lipinski definition) is 3. The standard InChI is InChI=1S/C17H23N3/c1-12(2)11-14-5-7-15(8-6-14)20(4)17-10-9-16(18)13(3)19-17/h5-10,12H,11,18H2,1-4H3. The first kappa shape index (κ1) is 14.4. The van der Waals surface area contributed by atoms with Crippen molar-refractivity contribution < 1.29 is 0 Å². The van der Waals surface area contributed by atoms with E-state index in [-0.39, 0.29) is 0 Å². The lowest BCUT2D eigenvalue weighted by atomic mass is 10.0. The molecule has 1 aromatic heterocycles. The molecular weight excluding hydrogens is 246 g/mol. The number of nitrogens with zero attached hydrogens (tertiary/aromatic N) is 2. The Morgan fingerprint density at radius 1 is 1.10 bits per heavy atom. The molecule has 0 aliphatic carbocycles. The Morgan fingerprint density at radius 2 is 1.75 bits per heavy atom. The van der Waals surface area contributed by atoms with E-state index in [1.807, 2.05) is 26.1 Å². The highest BCUT2D eigenvalue weighted by Crippen LogP contribution is 2.24. The van der Waals surface area contributed by atoms with Crippen molar-refractivity contribution in [2.75, 3.05) is 17.7 Å². The molecular formula is C17H23N3. The van der Waals surface area contributed by atoms with Crippen molar-refractivity contribution in [1.29, 1.82) is 0 Å². The quantitative estimate of drug-likeness (QED) is 0.914. The Morgan fingerprint density at radius 3 is 2.30 bits per heavy atom. The summed E-state index contributed by atoms with van der Waals surface area (Å²) in [5.74, 6) is 1.59. The molecule has 2 rings (SSSR count). The van der Waals surface area contributed by atoms with Gasteiger partial charge in [0.2, 0.25) is 0 Å². The zero-order valence-electron chi connectivity index (χ0n) is 12.7. The molecule has 0 unspecified atom stereocenters. The monoisotopic (exact) mass is 269 g/mol. The van der Waals surface area contributed by atoms with Gasteiger partial charge < -0.3 is 10.6 Å². The highest BCUT2D eigenvalue weighted by Gasteiger charge is 2.07. The van der Waals surface area contributed by atoms with Crippen LogP contribution in [-0.4, -0.2) is 12.0 Å². The second kappa shape index (κ2) is 5.95. The van der Waals surface area contributed by atoms with Crippen LogP contribution in [0.4, 0.5) is 17.2 Å². The third-order valence-electron chi connectivity index (χ3n) is 3.42. The molecule has 0 fully saturated rings. The van der Waals surface area contributed by atoms with Crippen LogP contribution in [-0.2, 0) is 6.42 Å². The van der Waals surface area contributed by atoms with Crippen LogP contribution in [0, 0.1) is 12.8 Å². The number of nitrogen functional groups attached to an aromatic ring is 1. The van der Waals surface area contributed by atoms with Gasteiger partial charge in [-0.1, -0.05) is 26.0 Å². The maximum Gasteiger partial charge on any atom is 0.133 e. The third kappa shape index (κ3) is 3.29. The van der Waals surface area contributed by atoms with Crippen LogP contribution in [0.15, 0.2) is 36.4 Å². The summed E-state index contributed by atoms with van der Waals surface area (Å²) in [7, 11) is 2.02. The van der Waals surface area contributed by atoms with Gasteiger partial charge in [0.15, 0.2) is 0 Å². The van der Waals surface area contributed by atoms with Crippen molar-refractivity contribution in [2.24, 2.45) is 5.92 Å². The fraction of sp³-hybridized carbons (Fsp3) is 0.353. The summed E-state index contributed by atoms with van der Waals surface area (Å²) in [4.78, 5) is 6.60. The number of benzene rings is 1. The zero-order chi connectivity index (χ0) is 14.7. The molecule has 2 aromatic rings. The summed E-state index contributed by atoms with van der Waals surface area (Å²) in [6, 6.07) is 12.5. The molecule has 0 saturated heterocycles. The molecule has 20 heavy (non-hydrogen) atoms. The second-order valence-electron chi connectivity index (χ2n) is 5.67. The summed E-state index contributed by atoms with van der Waals surface area (Å²) in [5, 5.41) is 0. The van der Waals surface area contributed by atoms with Crippen molar-refractivity contribution in [1.82, 2.24) is 4.98 Å². The first-order valence-electron chi connectivity index (χ1n) is 7.03. The van der Waals surface area contributed by atoms with Gasteiger partial charge in [-0.05, 0) is 49.1 Å². The molecule has 1 heterocycles. The SMILES string of the molecule is Cc1nc(N(C)c2ccc(CC(C)C)cc2)ccc1N. The van der Waals surface area contributed by atoms with Gasteiger partial charge in [-0.25, -0.2) is 4.98 Å². The molecule has 2 N–H and O–H groups in total. The van der Waals surface area contributed by atoms with E-state index in [0.717, 1.165) is 29.3 Å². The van der Waals surface area contributed by atoms with Crippen LogP contribution in [0.2, 0.25) is 0 Å². The fourth-order valence-electron chi connectivity index (χ4n) is 2.20. The molecule has 3 nitrogen and oxygen atoms in total. The lowest BCUT2D eigenvalue weighted by molar-refractivity contribution is 0.647. The topological polar surface area (TPSA) is 42.2 Å². The fourth-order valence-corrected chi connectivity index (χ4v) is 2.20. The van der Waals surface area contributed by atoms with Crippen LogP contribution in [0.1, 0.15) is 25.1 Å². The van der Waals surface area contributed by atoms with Gasteiger partial charge in [0.1, 0.15) is 5.82 Å². The third-order valence-corrected chi connectivity index (χ3v) is 3.42. The van der Waals surface area contributed by atoms with Crippen LogP contribution < -0.4 is 10.6 Å². The van der Waals surface area contributed by atoms with Gasteiger partial charge in [0, 0.05) is 12.7 Å². The predicted octanol–water partition coefficient (Wildman–Crippen LogP) is 3.94. The molecule has 0 aliphatic rings. The minimum Gasteiger partial charge on any atom is -0.397 e. The Labute approximate surface area is 121 Å². The maximum absolute atomic E-state index is 5.81. The van der Waals surface area contributed by atoms with E-state index in [1.165, 1.54) is 5.56 Å². The molecule has 3 heteroatoms. The van der Waals surface area contributed by atoms with Crippen LogP contribution in [0.3, 0.4) is 0 Å². The van der Waals surface area contributed by atoms with Crippen molar-refractivity contribution in [3.05, 3.63) is 47.7 Å². The lowest BCUT2D eigenvalue weighted by Gasteiger charge is -2.19. The molecule has 106 valence electrons. The van der Waals surface area contributed by atoms with Gasteiger partial charge in [0.25, 0.3) is 0 Å². The molecule has 0 radical (unpaired) electrons. The van der Waals surface area contributed by atoms with E-state index < -0.39 is 0 Å². The van der Waals surface area contributed by atoms with Crippen molar-refractivity contribution >= 4 is 17.2 Å². The van der Waals surface area contributed by atoms with E-state index in [4.69, 9.17) is 5.73 Å². The Bertz CT molecular complexity index is 573. The highest BCUT2D eigenvalue weighted by atomic mass is 15.2. The average molecular weight is 269 g/mol. The van der Waals surface area contributed by atoms with E-state index in [0.29, 0.717) is 5.92 Å². The van der Waals surface area contributed by atoms with Crippen LogP contribution in [0.5, 0.6) is 0 Å². The molecule has 1 aromatic carbocycles. The second-order valence-corrected chi connectivity index (χ2v) is 5.67. The first-order chi connectivity index (χ1) is 9.47. The van der Waals surface area contributed by atoms with Gasteiger partial charge >= 0.3 is 0 Å². The summed E-state index contributed by atoms with van der Waals surface area (Å²) >= 11 is 0. The van der Waals surface area contributed by atoms with Crippen molar-refractivity contribution in [3.8, 4) is 0 Å². The van der Waals surface area contributed by atoms with Crippen LogP contribution in [0.25, 0.3) is 0 Å². The summed E-state index contributed by atoms with van der Waals surface area (Å²) in [6.07, 6.45) is 1.11. The van der Waals surface area contributed by atoms with Crippen molar-refractivity contribution in [3.63, 3.8) is 0 Å². The van der Waals surface area contributed by atoms with Crippen LogP contribution >= 0.6 is 0 Å². The Hall–Kier alpha value is -2.03. The minimum absolute atomic E-state index is 0.681. The number of aryl methyl sites for hydroxylation is 1. The Balaban J connectivity index is 2.20. The van der Waals surface area contributed by atoms with E-state index in [1.54, 1.807) is 0 Å². The summed E-state index contributed by atoms with van der Waals surface area (Å²) in [5.41, 5.74) is 9.92. The van der Waals surface area contributed by atoms with Gasteiger partial charge in [-0.2, -0.15) is 0 Å². The molecule has 0 atom stereocenters. The molecule has 0 spiro atoms. The lowest BCUT2D eigenvalue weighted by Crippen LogP contribution is -2.12. The summed E-state index contributed by atoms with van der Waals surface area (Å²) in [6.45, 7) is 6.40. The number of pyridine rings is 1. The van der Waals surface area contributed by atoms with Gasteiger partial charge in [-0.15, -0.1) is 0 Å². The number of anilines is 3. The van der Waals surface area contributed by atoms with Gasteiger partial charge in [0.05, 0.1) is 11.4 Å². The van der Waals surface area contributed by atoms with Crippen molar-refractivity contribution in [2.45, 2.75) is 27.2 Å². The molecule has 0 amide bonds. The number of nitrogens with two attached hydrogens (primary N) is 1. The normalized spacial score (nSPS) is 10.8.